The van der Waals surface area contributed by atoms with Gasteiger partial charge in [0.25, 0.3) is 5.92 Å². The van der Waals surface area contributed by atoms with Gasteiger partial charge in [0.2, 0.25) is 0 Å². The van der Waals surface area contributed by atoms with Crippen molar-refractivity contribution < 1.29 is 22.0 Å². The number of anilines is 2. The predicted octanol–water partition coefficient (Wildman–Crippen LogP) is 5.81. The Bertz CT molecular complexity index is 968. The molecule has 2 heterocycles. The number of rotatable bonds is 4. The normalized spacial score (nSPS) is 12.6. The first kappa shape index (κ1) is 19.3. The Morgan fingerprint density at radius 2 is 1.85 bits per heavy atom. The first-order chi connectivity index (χ1) is 12.5. The van der Waals surface area contributed by atoms with E-state index in [2.05, 4.69) is 15.3 Å². The quantitative estimate of drug-likeness (QED) is 0.558. The number of aryl methyl sites for hydroxylation is 1. The minimum atomic E-state index is -4.52. The highest BCUT2D eigenvalue weighted by Gasteiger charge is 2.32. The highest BCUT2D eigenvalue weighted by molar-refractivity contribution is 6.33. The van der Waals surface area contributed by atoms with Crippen LogP contribution in [0.1, 0.15) is 18.1 Å². The largest absolute Gasteiger partial charge is 0.416 e. The van der Waals surface area contributed by atoms with E-state index in [4.69, 9.17) is 11.6 Å². The maximum Gasteiger partial charge on any atom is 0.416 e. The lowest BCUT2D eigenvalue weighted by Gasteiger charge is -2.15. The maximum absolute atomic E-state index is 13.3. The molecular weight excluding hydrogens is 391 g/mol. The molecule has 0 unspecified atom stereocenters. The third-order valence-corrected chi connectivity index (χ3v) is 4.14. The molecule has 2 aromatic heterocycles. The van der Waals surface area contributed by atoms with E-state index in [0.29, 0.717) is 11.0 Å². The molecule has 3 aromatic rings. The molecule has 0 aliphatic heterocycles. The second-order valence-corrected chi connectivity index (χ2v) is 6.65. The van der Waals surface area contributed by atoms with Crippen LogP contribution in [-0.4, -0.2) is 20.5 Å². The fourth-order valence-electron chi connectivity index (χ4n) is 2.69. The maximum atomic E-state index is 13.3. The Hall–Kier alpha value is -2.42. The molecule has 0 spiro atoms. The Morgan fingerprint density at radius 1 is 1.15 bits per heavy atom. The van der Waals surface area contributed by atoms with Crippen molar-refractivity contribution in [3.63, 3.8) is 0 Å². The predicted molar refractivity (Wildman–Crippen MR) is 92.6 cm³/mol. The molecule has 27 heavy (non-hydrogen) atoms. The van der Waals surface area contributed by atoms with Gasteiger partial charge < -0.3 is 9.88 Å². The average Bonchev–Trinajstić information content (AvgIpc) is 2.92. The number of fused-ring (bicyclic) bond motifs is 1. The molecule has 4 nitrogen and oxygen atoms in total. The van der Waals surface area contributed by atoms with Gasteiger partial charge in [-0.15, -0.1) is 0 Å². The van der Waals surface area contributed by atoms with Crippen molar-refractivity contribution in [3.05, 3.63) is 46.9 Å². The van der Waals surface area contributed by atoms with Crippen molar-refractivity contribution in [3.8, 4) is 0 Å². The van der Waals surface area contributed by atoms with Gasteiger partial charge in [-0.2, -0.15) is 13.2 Å². The van der Waals surface area contributed by atoms with Crippen LogP contribution in [0.5, 0.6) is 0 Å². The van der Waals surface area contributed by atoms with E-state index in [-0.39, 0.29) is 22.1 Å². The Kier molecular flexibility index (Phi) is 4.75. The van der Waals surface area contributed by atoms with E-state index in [1.807, 2.05) is 0 Å². The fraction of sp³-hybridized carbons (Fsp3) is 0.294. The van der Waals surface area contributed by atoms with Gasteiger partial charge in [-0.3, -0.25) is 0 Å². The van der Waals surface area contributed by atoms with E-state index in [0.717, 1.165) is 19.1 Å². The number of pyridine rings is 1. The summed E-state index contributed by atoms with van der Waals surface area (Å²) >= 11 is 6.02. The lowest BCUT2D eigenvalue weighted by Crippen LogP contribution is -2.18. The zero-order chi connectivity index (χ0) is 20.0. The molecule has 10 heteroatoms. The van der Waals surface area contributed by atoms with Crippen molar-refractivity contribution in [2.75, 3.05) is 5.32 Å². The third kappa shape index (κ3) is 4.13. The smallest absolute Gasteiger partial charge is 0.337 e. The van der Waals surface area contributed by atoms with Crippen LogP contribution in [-0.2, 0) is 12.7 Å². The SMILES string of the molecule is Cc1cc(C(F)(F)F)cc(Cl)c1Nc1nccc2c1ncn2CC(C)(F)F. The van der Waals surface area contributed by atoms with E-state index in [1.165, 1.54) is 30.1 Å². The number of halogens is 6. The minimum Gasteiger partial charge on any atom is -0.337 e. The van der Waals surface area contributed by atoms with Gasteiger partial charge in [0.15, 0.2) is 5.82 Å². The summed E-state index contributed by atoms with van der Waals surface area (Å²) in [6, 6.07) is 3.30. The zero-order valence-corrected chi connectivity index (χ0v) is 15.0. The molecule has 0 atom stereocenters. The van der Waals surface area contributed by atoms with E-state index in [1.54, 1.807) is 0 Å². The second-order valence-electron chi connectivity index (χ2n) is 6.24. The lowest BCUT2D eigenvalue weighted by molar-refractivity contribution is -0.137. The summed E-state index contributed by atoms with van der Waals surface area (Å²) in [5, 5.41) is 2.73. The van der Waals surface area contributed by atoms with Gasteiger partial charge in [-0.1, -0.05) is 11.6 Å². The topological polar surface area (TPSA) is 42.7 Å². The second kappa shape index (κ2) is 6.63. The summed E-state index contributed by atoms with van der Waals surface area (Å²) in [4.78, 5) is 8.21. The van der Waals surface area contributed by atoms with Gasteiger partial charge in [0.1, 0.15) is 5.52 Å². The molecule has 1 aromatic carbocycles. The number of hydrogen-bond acceptors (Lipinski definition) is 3. The van der Waals surface area contributed by atoms with Crippen molar-refractivity contribution in [1.29, 1.82) is 0 Å². The number of aromatic nitrogens is 3. The summed E-state index contributed by atoms with van der Waals surface area (Å²) in [5.74, 6) is -2.73. The van der Waals surface area contributed by atoms with Crippen LogP contribution >= 0.6 is 11.6 Å². The molecule has 1 N–H and O–H groups in total. The Labute approximate surface area is 156 Å². The molecule has 0 aliphatic carbocycles. The third-order valence-electron chi connectivity index (χ3n) is 3.84. The number of alkyl halides is 5. The van der Waals surface area contributed by atoms with E-state index in [9.17, 15) is 22.0 Å². The molecule has 0 bridgehead atoms. The van der Waals surface area contributed by atoms with Crippen molar-refractivity contribution in [2.45, 2.75) is 32.5 Å². The fourth-order valence-corrected chi connectivity index (χ4v) is 3.01. The summed E-state index contributed by atoms with van der Waals surface area (Å²) in [6.07, 6.45) is -1.87. The number of nitrogens with one attached hydrogen (secondary N) is 1. The highest BCUT2D eigenvalue weighted by atomic mass is 35.5. The molecule has 0 saturated carbocycles. The van der Waals surface area contributed by atoms with Crippen molar-refractivity contribution in [2.24, 2.45) is 0 Å². The van der Waals surface area contributed by atoms with E-state index >= 15 is 0 Å². The summed E-state index contributed by atoms with van der Waals surface area (Å²) in [5.41, 5.74) is 0.344. The zero-order valence-electron chi connectivity index (χ0n) is 14.2. The number of imidazole rings is 1. The average molecular weight is 405 g/mol. The van der Waals surface area contributed by atoms with Gasteiger partial charge in [0.05, 0.1) is 34.7 Å². The van der Waals surface area contributed by atoms with Crippen molar-refractivity contribution >= 4 is 34.1 Å². The van der Waals surface area contributed by atoms with Crippen molar-refractivity contribution in [1.82, 2.24) is 14.5 Å². The first-order valence-electron chi connectivity index (χ1n) is 7.78. The van der Waals surface area contributed by atoms with Crippen LogP contribution in [0.3, 0.4) is 0 Å². The van der Waals surface area contributed by atoms with E-state index < -0.39 is 24.2 Å². The van der Waals surface area contributed by atoms with Gasteiger partial charge in [-0.05, 0) is 30.7 Å². The molecule has 0 aliphatic rings. The highest BCUT2D eigenvalue weighted by Crippen LogP contribution is 2.37. The monoisotopic (exact) mass is 404 g/mol. The molecule has 0 radical (unpaired) electrons. The van der Waals surface area contributed by atoms with Crippen LogP contribution in [0, 0.1) is 6.92 Å². The Balaban J connectivity index is 2.01. The number of benzene rings is 1. The number of hydrogen-bond donors (Lipinski definition) is 1. The van der Waals surface area contributed by atoms with Crippen LogP contribution in [0.2, 0.25) is 5.02 Å². The van der Waals surface area contributed by atoms with Gasteiger partial charge >= 0.3 is 6.18 Å². The van der Waals surface area contributed by atoms with Crippen LogP contribution in [0.25, 0.3) is 11.0 Å². The van der Waals surface area contributed by atoms with Gasteiger partial charge in [0, 0.05) is 13.1 Å². The minimum absolute atomic E-state index is 0.138. The summed E-state index contributed by atoms with van der Waals surface area (Å²) < 4.78 is 66.6. The summed E-state index contributed by atoms with van der Waals surface area (Å²) in [6.45, 7) is 1.71. The van der Waals surface area contributed by atoms with Gasteiger partial charge in [-0.25, -0.2) is 18.7 Å². The Morgan fingerprint density at radius 3 is 2.44 bits per heavy atom. The molecular formula is C17H14ClF5N4. The summed E-state index contributed by atoms with van der Waals surface area (Å²) in [7, 11) is 0. The molecule has 0 saturated heterocycles. The molecule has 144 valence electrons. The molecule has 0 fully saturated rings. The first-order valence-corrected chi connectivity index (χ1v) is 8.15. The lowest BCUT2D eigenvalue weighted by atomic mass is 10.1. The van der Waals surface area contributed by atoms with Crippen LogP contribution in [0.15, 0.2) is 30.7 Å². The standard InChI is InChI=1S/C17H14ClF5N4/c1-9-5-10(17(21,22)23)6-11(18)13(9)26-15-14-12(3-4-24-15)27(8-25-14)7-16(2,19)20/h3-6,8H,7H2,1-2H3,(H,24,26). The number of nitrogens with zero attached hydrogens (tertiary/aromatic N) is 3. The van der Waals surface area contributed by atoms with Crippen LogP contribution < -0.4 is 5.32 Å². The molecule has 3 rings (SSSR count). The van der Waals surface area contributed by atoms with Crippen LogP contribution in [0.4, 0.5) is 33.5 Å². The molecule has 0 amide bonds.